The topological polar surface area (TPSA) is 29.3 Å². The van der Waals surface area contributed by atoms with Crippen LogP contribution in [0.25, 0.3) is 0 Å². The van der Waals surface area contributed by atoms with Crippen molar-refractivity contribution in [3.63, 3.8) is 0 Å². The van der Waals surface area contributed by atoms with Gasteiger partial charge in [-0.3, -0.25) is 4.90 Å². The summed E-state index contributed by atoms with van der Waals surface area (Å²) in [6.07, 6.45) is 1.16. The predicted octanol–water partition coefficient (Wildman–Crippen LogP) is 4.05. The number of nitrogens with two attached hydrogens (primary N) is 1. The molecule has 20 heavy (non-hydrogen) atoms. The lowest BCUT2D eigenvalue weighted by atomic mass is 9.96. The van der Waals surface area contributed by atoms with E-state index in [0.717, 1.165) is 13.0 Å². The van der Waals surface area contributed by atoms with Crippen molar-refractivity contribution in [3.05, 3.63) is 43.3 Å². The average Bonchev–Trinajstić information content (AvgIpc) is 3.00. The van der Waals surface area contributed by atoms with Crippen molar-refractivity contribution in [3.8, 4) is 0 Å². The molecule has 0 spiro atoms. The van der Waals surface area contributed by atoms with Gasteiger partial charge in [-0.1, -0.05) is 0 Å². The third-order valence-corrected chi connectivity index (χ3v) is 6.36. The summed E-state index contributed by atoms with van der Waals surface area (Å²) >= 11 is 3.78. The van der Waals surface area contributed by atoms with Crippen LogP contribution < -0.4 is 5.73 Å². The Morgan fingerprint density at radius 3 is 2.90 bits per heavy atom. The van der Waals surface area contributed by atoms with E-state index in [4.69, 9.17) is 5.73 Å². The molecule has 2 N–H and O–H groups in total. The highest BCUT2D eigenvalue weighted by molar-refractivity contribution is 7.12. The molecule has 0 aliphatic carbocycles. The Morgan fingerprint density at radius 2 is 2.25 bits per heavy atom. The molecule has 2 unspecified atom stereocenters. The van der Waals surface area contributed by atoms with Gasteiger partial charge in [0.2, 0.25) is 0 Å². The largest absolute Gasteiger partial charge is 0.329 e. The Bertz CT molecular complexity index is 599. The van der Waals surface area contributed by atoms with Crippen LogP contribution in [0.4, 0.5) is 0 Å². The van der Waals surface area contributed by atoms with Gasteiger partial charge < -0.3 is 5.73 Å². The number of thiophene rings is 2. The van der Waals surface area contributed by atoms with Gasteiger partial charge in [-0.25, -0.2) is 0 Å². The lowest BCUT2D eigenvalue weighted by Crippen LogP contribution is -2.39. The molecule has 0 bridgehead atoms. The highest BCUT2D eigenvalue weighted by Gasteiger charge is 2.31. The zero-order chi connectivity index (χ0) is 14.3. The van der Waals surface area contributed by atoms with E-state index in [-0.39, 0.29) is 0 Å². The molecule has 2 atom stereocenters. The van der Waals surface area contributed by atoms with Crippen molar-refractivity contribution in [2.75, 3.05) is 13.1 Å². The van der Waals surface area contributed by atoms with Gasteiger partial charge in [-0.15, -0.1) is 22.7 Å². The van der Waals surface area contributed by atoms with Gasteiger partial charge in [0, 0.05) is 39.8 Å². The second-order valence-corrected chi connectivity index (χ2v) is 8.04. The molecule has 0 aromatic carbocycles. The lowest BCUT2D eigenvalue weighted by Gasteiger charge is -2.39. The average molecular weight is 307 g/mol. The molecule has 0 fully saturated rings. The minimum atomic E-state index is 0.350. The summed E-state index contributed by atoms with van der Waals surface area (Å²) in [7, 11) is 0. The molecule has 4 heteroatoms. The van der Waals surface area contributed by atoms with Gasteiger partial charge in [-0.2, -0.15) is 0 Å². The summed E-state index contributed by atoms with van der Waals surface area (Å²) < 4.78 is 0. The van der Waals surface area contributed by atoms with E-state index in [9.17, 15) is 0 Å². The highest BCUT2D eigenvalue weighted by Crippen LogP contribution is 2.39. The van der Waals surface area contributed by atoms with E-state index in [2.05, 4.69) is 43.2 Å². The third kappa shape index (κ3) is 2.35. The summed E-state index contributed by atoms with van der Waals surface area (Å²) in [6, 6.07) is 5.44. The Kier molecular flexibility index (Phi) is 4.00. The van der Waals surface area contributed by atoms with E-state index in [0.29, 0.717) is 18.6 Å². The van der Waals surface area contributed by atoms with Crippen LogP contribution in [-0.4, -0.2) is 18.0 Å². The molecule has 3 rings (SSSR count). The van der Waals surface area contributed by atoms with E-state index < -0.39 is 0 Å². The van der Waals surface area contributed by atoms with Gasteiger partial charge in [-0.05, 0) is 55.8 Å². The van der Waals surface area contributed by atoms with E-state index in [1.165, 1.54) is 20.9 Å². The molecule has 1 aliphatic heterocycles. The first-order valence-corrected chi connectivity index (χ1v) is 8.90. The Hall–Kier alpha value is -0.680. The molecule has 1 aliphatic rings. The first-order valence-electron chi connectivity index (χ1n) is 7.20. The fourth-order valence-electron chi connectivity index (χ4n) is 3.38. The zero-order valence-electron chi connectivity index (χ0n) is 12.3. The molecule has 2 aromatic heterocycles. The quantitative estimate of drug-likeness (QED) is 0.927. The number of nitrogens with zero attached hydrogens (tertiary/aromatic N) is 1. The monoisotopic (exact) mass is 306 g/mol. The number of fused-ring (bicyclic) bond motifs is 1. The summed E-state index contributed by atoms with van der Waals surface area (Å²) in [5.74, 6) is 0. The second kappa shape index (κ2) is 5.60. The molecule has 2 nitrogen and oxygen atoms in total. The molecule has 108 valence electrons. The highest BCUT2D eigenvalue weighted by atomic mass is 32.1. The molecular weight excluding hydrogens is 284 g/mol. The Balaban J connectivity index is 1.93. The normalized spacial score (nSPS) is 20.9. The van der Waals surface area contributed by atoms with Crippen LogP contribution in [0.3, 0.4) is 0 Å². The zero-order valence-corrected chi connectivity index (χ0v) is 14.0. The molecule has 0 amide bonds. The maximum Gasteiger partial charge on any atom is 0.0487 e. The van der Waals surface area contributed by atoms with Crippen LogP contribution in [0.1, 0.15) is 44.8 Å². The van der Waals surface area contributed by atoms with Crippen molar-refractivity contribution < 1.29 is 0 Å². The molecule has 0 saturated heterocycles. The summed E-state index contributed by atoms with van der Waals surface area (Å²) in [4.78, 5) is 6.95. The molecular formula is C16H22N2S2. The molecule has 3 heterocycles. The SMILES string of the molecule is Cc1cc(C(CN)N2CCc3sccc3C2C)c(C)s1. The van der Waals surface area contributed by atoms with Crippen LogP contribution >= 0.6 is 22.7 Å². The standard InChI is InChI=1S/C16H22N2S2/c1-10-8-14(12(3)20-10)15(9-17)18-6-4-16-13(11(18)2)5-7-19-16/h5,7-8,11,15H,4,6,9,17H2,1-3H3. The van der Waals surface area contributed by atoms with Crippen molar-refractivity contribution >= 4 is 22.7 Å². The Labute approximate surface area is 129 Å². The number of hydrogen-bond acceptors (Lipinski definition) is 4. The third-order valence-electron chi connectivity index (χ3n) is 4.39. The van der Waals surface area contributed by atoms with Crippen LogP contribution in [0.15, 0.2) is 17.5 Å². The second-order valence-electron chi connectivity index (χ2n) is 5.58. The first-order chi connectivity index (χ1) is 9.61. The Morgan fingerprint density at radius 1 is 1.45 bits per heavy atom. The molecule has 0 saturated carbocycles. The van der Waals surface area contributed by atoms with Gasteiger partial charge in [0.25, 0.3) is 0 Å². The minimum Gasteiger partial charge on any atom is -0.329 e. The smallest absolute Gasteiger partial charge is 0.0487 e. The maximum absolute atomic E-state index is 6.14. The fourth-order valence-corrected chi connectivity index (χ4v) is 5.32. The summed E-state index contributed by atoms with van der Waals surface area (Å²) in [6.45, 7) is 8.54. The lowest BCUT2D eigenvalue weighted by molar-refractivity contribution is 0.138. The van der Waals surface area contributed by atoms with E-state index in [1.54, 1.807) is 4.88 Å². The summed E-state index contributed by atoms with van der Waals surface area (Å²) in [5.41, 5.74) is 9.07. The van der Waals surface area contributed by atoms with Crippen molar-refractivity contribution in [1.82, 2.24) is 4.90 Å². The van der Waals surface area contributed by atoms with Gasteiger partial charge in [0.05, 0.1) is 0 Å². The minimum absolute atomic E-state index is 0.350. The van der Waals surface area contributed by atoms with E-state index in [1.807, 2.05) is 22.7 Å². The predicted molar refractivity (Wildman–Crippen MR) is 88.7 cm³/mol. The van der Waals surface area contributed by atoms with Gasteiger partial charge >= 0.3 is 0 Å². The number of hydrogen-bond donors (Lipinski definition) is 1. The summed E-state index contributed by atoms with van der Waals surface area (Å²) in [5, 5.41) is 2.22. The van der Waals surface area contributed by atoms with Crippen molar-refractivity contribution in [2.24, 2.45) is 5.73 Å². The van der Waals surface area contributed by atoms with Crippen LogP contribution in [0.5, 0.6) is 0 Å². The molecule has 0 radical (unpaired) electrons. The van der Waals surface area contributed by atoms with Crippen molar-refractivity contribution in [2.45, 2.75) is 39.3 Å². The van der Waals surface area contributed by atoms with Crippen LogP contribution in [0, 0.1) is 13.8 Å². The van der Waals surface area contributed by atoms with E-state index >= 15 is 0 Å². The number of rotatable bonds is 3. The molecule has 2 aromatic rings. The first kappa shape index (κ1) is 14.3. The number of aryl methyl sites for hydroxylation is 2. The van der Waals surface area contributed by atoms with Gasteiger partial charge in [0.15, 0.2) is 0 Å². The van der Waals surface area contributed by atoms with Gasteiger partial charge in [0.1, 0.15) is 0 Å². The van der Waals surface area contributed by atoms with Crippen LogP contribution in [-0.2, 0) is 6.42 Å². The fraction of sp³-hybridized carbons (Fsp3) is 0.500. The van der Waals surface area contributed by atoms with Crippen molar-refractivity contribution in [1.29, 1.82) is 0 Å². The maximum atomic E-state index is 6.14. The van der Waals surface area contributed by atoms with Crippen LogP contribution in [0.2, 0.25) is 0 Å².